The first-order valence-corrected chi connectivity index (χ1v) is 13.3. The summed E-state index contributed by atoms with van der Waals surface area (Å²) in [6, 6.07) is 22.3. The van der Waals surface area contributed by atoms with Crippen LogP contribution in [0.5, 0.6) is 0 Å². The third-order valence-corrected chi connectivity index (χ3v) is 7.62. The molecule has 2 amide bonds. The van der Waals surface area contributed by atoms with Crippen molar-refractivity contribution in [1.82, 2.24) is 9.55 Å². The van der Waals surface area contributed by atoms with Gasteiger partial charge in [0.1, 0.15) is 5.25 Å². The quantitative estimate of drug-likeness (QED) is 0.276. The summed E-state index contributed by atoms with van der Waals surface area (Å²) in [5.74, 6) is -0.442. The predicted molar refractivity (Wildman–Crippen MR) is 140 cm³/mol. The van der Waals surface area contributed by atoms with E-state index in [0.717, 1.165) is 22.2 Å². The number of para-hydroxylation sites is 2. The van der Waals surface area contributed by atoms with E-state index in [0.29, 0.717) is 29.5 Å². The number of aromatic nitrogens is 2. The van der Waals surface area contributed by atoms with Crippen molar-refractivity contribution < 1.29 is 18.4 Å². The molecule has 8 nitrogen and oxygen atoms in total. The van der Waals surface area contributed by atoms with E-state index in [-0.39, 0.29) is 18.2 Å². The molecule has 1 N–H and O–H groups in total. The van der Waals surface area contributed by atoms with Crippen molar-refractivity contribution in [2.75, 3.05) is 9.62 Å². The van der Waals surface area contributed by atoms with Crippen LogP contribution in [0.15, 0.2) is 78.0 Å². The van der Waals surface area contributed by atoms with Crippen LogP contribution < -0.4 is 9.62 Å². The zero-order valence-electron chi connectivity index (χ0n) is 19.4. The Kier molecular flexibility index (Phi) is 6.90. The molecule has 5 rings (SSSR count). The fraction of sp³-hybridized carbons (Fsp3) is 0.192. The molecule has 2 atom stereocenters. The summed E-state index contributed by atoms with van der Waals surface area (Å²) in [4.78, 5) is 32.0. The average molecular weight is 520 g/mol. The highest BCUT2D eigenvalue weighted by molar-refractivity contribution is 8.00. The molecule has 1 aromatic heterocycles. The summed E-state index contributed by atoms with van der Waals surface area (Å²) in [5.41, 5.74) is 4.95. The molecular weight excluding hydrogens is 496 g/mol. The first kappa shape index (κ1) is 24.2. The number of anilines is 2. The molecule has 3 aromatic carbocycles. The maximum atomic E-state index is 13.2. The van der Waals surface area contributed by atoms with Gasteiger partial charge in [0.2, 0.25) is 11.8 Å². The van der Waals surface area contributed by atoms with Crippen molar-refractivity contribution in [2.45, 2.75) is 36.7 Å². The van der Waals surface area contributed by atoms with Crippen LogP contribution in [0.1, 0.15) is 17.5 Å². The molecule has 36 heavy (non-hydrogen) atoms. The van der Waals surface area contributed by atoms with Crippen molar-refractivity contribution in [3.8, 4) is 0 Å². The standard InChI is InChI=1S/C26H24N4O4S2/c1-17-6-12-20(13-7-17)30-24(31)16-23(25(30)32)35-26-27-21-4-2-3-5-22(21)29(26)15-14-18-8-10-19(11-9-18)28-36(33)34/h2-13,23,28H,14-16H2,1H3,(H,33,34)/p-1. The molecule has 1 aliphatic rings. The van der Waals surface area contributed by atoms with E-state index in [1.165, 1.54) is 16.7 Å². The molecule has 2 heterocycles. The number of amides is 2. The minimum atomic E-state index is -2.36. The van der Waals surface area contributed by atoms with E-state index in [9.17, 15) is 18.4 Å². The van der Waals surface area contributed by atoms with Crippen LogP contribution in [0.4, 0.5) is 11.4 Å². The van der Waals surface area contributed by atoms with Crippen molar-refractivity contribution >= 4 is 57.3 Å². The van der Waals surface area contributed by atoms with E-state index < -0.39 is 16.5 Å². The van der Waals surface area contributed by atoms with Gasteiger partial charge >= 0.3 is 0 Å². The van der Waals surface area contributed by atoms with Gasteiger partial charge in [-0.2, -0.15) is 0 Å². The molecule has 10 heteroatoms. The Labute approximate surface area is 215 Å². The van der Waals surface area contributed by atoms with Crippen LogP contribution in [0.25, 0.3) is 11.0 Å². The van der Waals surface area contributed by atoms with Crippen LogP contribution in [0, 0.1) is 6.92 Å². The van der Waals surface area contributed by atoms with E-state index in [1.807, 2.05) is 55.5 Å². The maximum absolute atomic E-state index is 13.2. The first-order valence-electron chi connectivity index (χ1n) is 11.4. The zero-order valence-corrected chi connectivity index (χ0v) is 21.1. The van der Waals surface area contributed by atoms with Crippen LogP contribution in [-0.4, -0.2) is 35.4 Å². The van der Waals surface area contributed by atoms with E-state index in [4.69, 9.17) is 4.98 Å². The number of nitrogens with one attached hydrogen (secondary N) is 1. The highest BCUT2D eigenvalue weighted by Gasteiger charge is 2.41. The Morgan fingerprint density at radius 1 is 1.06 bits per heavy atom. The number of hydrogen-bond donors (Lipinski definition) is 1. The van der Waals surface area contributed by atoms with Crippen molar-refractivity contribution in [3.05, 3.63) is 83.9 Å². The topological polar surface area (TPSA) is 107 Å². The number of fused-ring (bicyclic) bond motifs is 1. The van der Waals surface area contributed by atoms with Crippen LogP contribution in [0.2, 0.25) is 0 Å². The molecule has 1 fully saturated rings. The van der Waals surface area contributed by atoms with Crippen LogP contribution in [-0.2, 0) is 33.8 Å². The second kappa shape index (κ2) is 10.3. The third-order valence-electron chi connectivity index (χ3n) is 6.04. The molecular formula is C26H23N4O4S2-. The zero-order chi connectivity index (χ0) is 25.2. The van der Waals surface area contributed by atoms with Crippen LogP contribution in [0.3, 0.4) is 0 Å². The smallest absolute Gasteiger partial charge is 0.247 e. The van der Waals surface area contributed by atoms with Gasteiger partial charge < -0.3 is 13.8 Å². The second-order valence-corrected chi connectivity index (χ2v) is 10.4. The van der Waals surface area contributed by atoms with Crippen molar-refractivity contribution in [2.24, 2.45) is 0 Å². The van der Waals surface area contributed by atoms with Gasteiger partial charge in [0.25, 0.3) is 0 Å². The molecule has 1 aliphatic heterocycles. The lowest BCUT2D eigenvalue weighted by Crippen LogP contribution is -2.31. The van der Waals surface area contributed by atoms with E-state index in [1.54, 1.807) is 24.3 Å². The number of imide groups is 1. The SMILES string of the molecule is Cc1ccc(N2C(=O)CC(Sc3nc4ccccc4n3CCc3ccc(NS(=O)[O-])cc3)C2=O)cc1. The van der Waals surface area contributed by atoms with Gasteiger partial charge in [-0.15, -0.1) is 0 Å². The predicted octanol–water partition coefficient (Wildman–Crippen LogP) is 4.22. The summed E-state index contributed by atoms with van der Waals surface area (Å²) in [6.07, 6.45) is 0.803. The largest absolute Gasteiger partial charge is 0.755 e. The Morgan fingerprint density at radius 3 is 2.50 bits per heavy atom. The number of nitrogens with zero attached hydrogens (tertiary/aromatic N) is 3. The normalized spacial score (nSPS) is 16.6. The molecule has 2 unspecified atom stereocenters. The average Bonchev–Trinajstić information content (AvgIpc) is 3.34. The summed E-state index contributed by atoms with van der Waals surface area (Å²) in [7, 11) is 0. The number of aryl methyl sites for hydroxylation is 3. The number of hydrogen-bond acceptors (Lipinski definition) is 6. The Bertz CT molecular complexity index is 1450. The number of imidazole rings is 1. The Balaban J connectivity index is 1.36. The Hall–Kier alpha value is -3.47. The molecule has 0 radical (unpaired) electrons. The summed E-state index contributed by atoms with van der Waals surface area (Å²) in [5, 5.41) is 0.140. The lowest BCUT2D eigenvalue weighted by Gasteiger charge is -2.15. The number of carbonyl (C=O) groups is 2. The van der Waals surface area contributed by atoms with Gasteiger partial charge in [-0.3, -0.25) is 13.8 Å². The van der Waals surface area contributed by atoms with Gasteiger partial charge in [-0.05, 0) is 55.3 Å². The molecule has 0 aliphatic carbocycles. The summed E-state index contributed by atoms with van der Waals surface area (Å²) in [6.45, 7) is 2.57. The number of rotatable bonds is 8. The lowest BCUT2D eigenvalue weighted by molar-refractivity contribution is -0.121. The van der Waals surface area contributed by atoms with E-state index in [2.05, 4.69) is 9.29 Å². The molecule has 184 valence electrons. The molecule has 0 bridgehead atoms. The minimum Gasteiger partial charge on any atom is -0.755 e. The first-order chi connectivity index (χ1) is 17.4. The monoisotopic (exact) mass is 519 g/mol. The molecule has 4 aromatic rings. The van der Waals surface area contributed by atoms with Gasteiger partial charge in [-0.1, -0.05) is 53.7 Å². The van der Waals surface area contributed by atoms with Gasteiger partial charge in [-0.25, -0.2) is 9.88 Å². The van der Waals surface area contributed by atoms with Gasteiger partial charge in [0.05, 0.1) is 16.7 Å². The summed E-state index contributed by atoms with van der Waals surface area (Å²) < 4.78 is 26.1. The van der Waals surface area contributed by atoms with Gasteiger partial charge in [0.15, 0.2) is 5.16 Å². The lowest BCUT2D eigenvalue weighted by atomic mass is 10.1. The fourth-order valence-electron chi connectivity index (χ4n) is 4.22. The minimum absolute atomic E-state index is 0.121. The van der Waals surface area contributed by atoms with Crippen molar-refractivity contribution in [3.63, 3.8) is 0 Å². The molecule has 0 saturated carbocycles. The summed E-state index contributed by atoms with van der Waals surface area (Å²) >= 11 is -1.04. The van der Waals surface area contributed by atoms with Crippen LogP contribution >= 0.6 is 11.8 Å². The number of benzene rings is 3. The second-order valence-electron chi connectivity index (χ2n) is 8.53. The fourth-order valence-corrected chi connectivity index (χ4v) is 5.71. The number of thioether (sulfide) groups is 1. The van der Waals surface area contributed by atoms with Gasteiger partial charge in [0, 0.05) is 29.9 Å². The van der Waals surface area contributed by atoms with E-state index >= 15 is 0 Å². The Morgan fingerprint density at radius 2 is 1.78 bits per heavy atom. The third kappa shape index (κ3) is 5.06. The maximum Gasteiger partial charge on any atom is 0.247 e. The highest BCUT2D eigenvalue weighted by atomic mass is 32.2. The van der Waals surface area contributed by atoms with Crippen molar-refractivity contribution in [1.29, 1.82) is 0 Å². The number of carbonyl (C=O) groups excluding carboxylic acids is 2. The highest BCUT2D eigenvalue weighted by Crippen LogP contribution is 2.35. The molecule has 0 spiro atoms. The molecule has 1 saturated heterocycles.